The van der Waals surface area contributed by atoms with Crippen LogP contribution in [-0.2, 0) is 11.3 Å². The smallest absolute Gasteiger partial charge is 0.231 e. The topological polar surface area (TPSA) is 50.8 Å². The number of ether oxygens (including phenoxy) is 2. The third-order valence-corrected chi connectivity index (χ3v) is 7.53. The average Bonchev–Trinajstić information content (AvgIpc) is 3.23. The predicted molar refractivity (Wildman–Crippen MR) is 124 cm³/mol. The Morgan fingerprint density at radius 3 is 2.72 bits per heavy atom. The highest BCUT2D eigenvalue weighted by Crippen LogP contribution is 2.54. The Morgan fingerprint density at radius 1 is 1.06 bits per heavy atom. The average molecular weight is 429 g/mol. The van der Waals surface area contributed by atoms with Gasteiger partial charge >= 0.3 is 0 Å². The van der Waals surface area contributed by atoms with E-state index < -0.39 is 0 Å². The Morgan fingerprint density at radius 2 is 1.84 bits per heavy atom. The fraction of sp³-hybridized carbons (Fsp3) is 0.370. The molecule has 1 atom stereocenters. The third-order valence-electron chi connectivity index (χ3n) is 7.53. The van der Waals surface area contributed by atoms with Crippen molar-refractivity contribution in [1.82, 2.24) is 10.2 Å². The van der Waals surface area contributed by atoms with Crippen molar-refractivity contribution in [3.63, 3.8) is 0 Å². The number of amides is 1. The zero-order valence-electron chi connectivity index (χ0n) is 18.3. The Balaban J connectivity index is 1.02. The number of fused-ring (bicyclic) bond motifs is 2. The van der Waals surface area contributed by atoms with Crippen LogP contribution in [-0.4, -0.2) is 30.7 Å². The van der Waals surface area contributed by atoms with Crippen LogP contribution >= 0.6 is 0 Å². The molecule has 164 valence electrons. The number of benzene rings is 3. The van der Waals surface area contributed by atoms with Crippen LogP contribution in [0.5, 0.6) is 11.5 Å². The summed E-state index contributed by atoms with van der Waals surface area (Å²) in [6, 6.07) is 21.4. The van der Waals surface area contributed by atoms with Gasteiger partial charge in [0, 0.05) is 31.6 Å². The normalized spacial score (nSPS) is 20.0. The number of hydrogen-bond donors (Lipinski definition) is 1. The number of rotatable bonds is 5. The highest BCUT2D eigenvalue weighted by Gasteiger charge is 2.55. The van der Waals surface area contributed by atoms with E-state index in [1.54, 1.807) is 0 Å². The van der Waals surface area contributed by atoms with Gasteiger partial charge in [0.2, 0.25) is 12.7 Å². The summed E-state index contributed by atoms with van der Waals surface area (Å²) >= 11 is 0. The lowest BCUT2D eigenvalue weighted by Crippen LogP contribution is -2.64. The minimum absolute atomic E-state index is 0.138. The van der Waals surface area contributed by atoms with Crippen LogP contribution in [0.25, 0.3) is 10.8 Å². The second-order valence-corrected chi connectivity index (χ2v) is 9.66. The van der Waals surface area contributed by atoms with Crippen LogP contribution in [0, 0.1) is 11.3 Å². The molecule has 1 aliphatic carbocycles. The first-order valence-corrected chi connectivity index (χ1v) is 11.5. The van der Waals surface area contributed by atoms with Gasteiger partial charge in [-0.2, -0.15) is 0 Å². The molecule has 3 aromatic carbocycles. The molecule has 5 heteroatoms. The number of nitrogens with zero attached hydrogens (tertiary/aromatic N) is 1. The third kappa shape index (κ3) is 3.32. The number of carbonyl (C=O) groups excluding carboxylic acids is 1. The van der Waals surface area contributed by atoms with Crippen molar-refractivity contribution in [3.8, 4) is 11.5 Å². The van der Waals surface area contributed by atoms with Crippen LogP contribution in [0.4, 0.5) is 0 Å². The second-order valence-electron chi connectivity index (χ2n) is 9.66. The molecule has 6 rings (SSSR count). The van der Waals surface area contributed by atoms with Gasteiger partial charge in [0.05, 0.1) is 0 Å². The quantitative estimate of drug-likeness (QED) is 0.642. The summed E-state index contributed by atoms with van der Waals surface area (Å²) in [5.41, 5.74) is 2.77. The molecule has 3 aromatic rings. The van der Waals surface area contributed by atoms with Crippen molar-refractivity contribution >= 4 is 16.7 Å². The maximum absolute atomic E-state index is 12.7. The van der Waals surface area contributed by atoms with Gasteiger partial charge in [-0.3, -0.25) is 9.69 Å². The van der Waals surface area contributed by atoms with Gasteiger partial charge < -0.3 is 14.8 Å². The van der Waals surface area contributed by atoms with Crippen molar-refractivity contribution < 1.29 is 14.3 Å². The molecule has 32 heavy (non-hydrogen) atoms. The van der Waals surface area contributed by atoms with Gasteiger partial charge in [0.15, 0.2) is 11.5 Å². The van der Waals surface area contributed by atoms with Gasteiger partial charge in [-0.25, -0.2) is 0 Å². The molecule has 0 bridgehead atoms. The van der Waals surface area contributed by atoms with E-state index in [4.69, 9.17) is 9.47 Å². The van der Waals surface area contributed by atoms with Crippen LogP contribution in [0.1, 0.15) is 36.9 Å². The van der Waals surface area contributed by atoms with Crippen molar-refractivity contribution in [2.45, 2.75) is 32.4 Å². The maximum atomic E-state index is 12.7. The van der Waals surface area contributed by atoms with Gasteiger partial charge in [-0.15, -0.1) is 0 Å². The van der Waals surface area contributed by atoms with E-state index in [1.165, 1.54) is 16.3 Å². The maximum Gasteiger partial charge on any atom is 0.231 e. The lowest BCUT2D eigenvalue weighted by molar-refractivity contribution is -0.148. The van der Waals surface area contributed by atoms with Crippen molar-refractivity contribution in [2.24, 2.45) is 11.3 Å². The van der Waals surface area contributed by atoms with E-state index in [0.29, 0.717) is 18.0 Å². The fourth-order valence-corrected chi connectivity index (χ4v) is 5.71. The SMILES string of the molecule is C[C@H](c1cccc2ccccc12)N1CC2(CC(C(=O)NCc3ccc4c(c3)OCO4)C2)C1. The fourth-order valence-electron chi connectivity index (χ4n) is 5.71. The molecule has 1 saturated carbocycles. The van der Waals surface area contributed by atoms with E-state index in [-0.39, 0.29) is 18.6 Å². The Labute approximate surface area is 188 Å². The molecule has 0 radical (unpaired) electrons. The van der Waals surface area contributed by atoms with Crippen LogP contribution in [0.2, 0.25) is 0 Å². The monoisotopic (exact) mass is 428 g/mol. The minimum Gasteiger partial charge on any atom is -0.454 e. The van der Waals surface area contributed by atoms with E-state index in [0.717, 1.165) is 43.0 Å². The molecule has 3 aliphatic rings. The molecule has 1 amide bonds. The Hall–Kier alpha value is -3.05. The highest BCUT2D eigenvalue weighted by molar-refractivity contribution is 5.86. The highest BCUT2D eigenvalue weighted by atomic mass is 16.7. The van der Waals surface area contributed by atoms with Gasteiger partial charge in [0.25, 0.3) is 0 Å². The van der Waals surface area contributed by atoms with Crippen LogP contribution in [0.3, 0.4) is 0 Å². The van der Waals surface area contributed by atoms with Crippen molar-refractivity contribution in [3.05, 3.63) is 71.8 Å². The first-order valence-electron chi connectivity index (χ1n) is 11.5. The first kappa shape index (κ1) is 19.6. The van der Waals surface area contributed by atoms with Crippen LogP contribution in [0.15, 0.2) is 60.7 Å². The lowest BCUT2D eigenvalue weighted by atomic mass is 9.57. The number of nitrogens with one attached hydrogen (secondary N) is 1. The molecule has 2 aliphatic heterocycles. The van der Waals surface area contributed by atoms with Crippen molar-refractivity contribution in [1.29, 1.82) is 0 Å². The second kappa shape index (κ2) is 7.52. The van der Waals surface area contributed by atoms with Gasteiger partial charge in [-0.1, -0.05) is 48.5 Å². The molecule has 1 saturated heterocycles. The first-order chi connectivity index (χ1) is 15.6. The molecule has 0 unspecified atom stereocenters. The van der Waals surface area contributed by atoms with Gasteiger partial charge in [0.1, 0.15) is 0 Å². The molecule has 1 N–H and O–H groups in total. The zero-order valence-corrected chi connectivity index (χ0v) is 18.3. The minimum atomic E-state index is 0.138. The number of hydrogen-bond acceptors (Lipinski definition) is 4. The molecule has 2 fully saturated rings. The Bertz CT molecular complexity index is 1170. The summed E-state index contributed by atoms with van der Waals surface area (Å²) in [7, 11) is 0. The van der Waals surface area contributed by atoms with Crippen molar-refractivity contribution in [2.75, 3.05) is 19.9 Å². The number of likely N-dealkylation sites (tertiary alicyclic amines) is 1. The summed E-state index contributed by atoms with van der Waals surface area (Å²) in [4.78, 5) is 15.2. The summed E-state index contributed by atoms with van der Waals surface area (Å²) < 4.78 is 10.8. The molecular formula is C27H28N2O3. The molecule has 5 nitrogen and oxygen atoms in total. The van der Waals surface area contributed by atoms with E-state index in [9.17, 15) is 4.79 Å². The van der Waals surface area contributed by atoms with E-state index >= 15 is 0 Å². The molecule has 0 aromatic heterocycles. The van der Waals surface area contributed by atoms with Gasteiger partial charge in [-0.05, 0) is 59.2 Å². The summed E-state index contributed by atoms with van der Waals surface area (Å²) in [6.07, 6.45) is 2.00. The number of carbonyl (C=O) groups is 1. The molecule has 1 spiro atoms. The summed E-state index contributed by atoms with van der Waals surface area (Å²) in [5, 5.41) is 5.76. The Kier molecular flexibility index (Phi) is 4.61. The predicted octanol–water partition coefficient (Wildman–Crippen LogP) is 4.66. The molecule has 2 heterocycles. The summed E-state index contributed by atoms with van der Waals surface area (Å²) in [6.45, 7) is 5.28. The standard InChI is InChI=1S/C27H28N2O3/c1-18(22-8-4-6-20-5-2-3-7-23(20)22)29-15-27(16-29)12-21(13-27)26(30)28-14-19-9-10-24-25(11-19)32-17-31-24/h2-11,18,21H,12-17H2,1H3,(H,28,30)/t18-/m1/s1. The molecular weight excluding hydrogens is 400 g/mol. The van der Waals surface area contributed by atoms with E-state index in [2.05, 4.69) is 59.6 Å². The largest absolute Gasteiger partial charge is 0.454 e. The van der Waals surface area contributed by atoms with Crippen LogP contribution < -0.4 is 14.8 Å². The summed E-state index contributed by atoms with van der Waals surface area (Å²) in [5.74, 6) is 1.84. The lowest BCUT2D eigenvalue weighted by Gasteiger charge is -2.60. The van der Waals surface area contributed by atoms with E-state index in [1.807, 2.05) is 18.2 Å². The zero-order chi connectivity index (χ0) is 21.7.